The molecule has 0 aliphatic rings. The minimum absolute atomic E-state index is 0.137. The first kappa shape index (κ1) is 49.0. The quantitative estimate of drug-likeness (QED) is 0.0210. The number of likely N-dealkylation sites (N-methyl/N-ethyl adjacent to an activating group) is 1. The molecule has 298 valence electrons. The summed E-state index contributed by atoms with van der Waals surface area (Å²) in [6, 6.07) is 0. The highest BCUT2D eigenvalue weighted by molar-refractivity contribution is 5.70. The maximum absolute atomic E-state index is 12.7. The number of nitrogens with zero attached hydrogens (tertiary/aromatic N) is 1. The zero-order chi connectivity index (χ0) is 38.5. The van der Waals surface area contributed by atoms with Crippen LogP contribution in [0, 0.1) is 0 Å². The van der Waals surface area contributed by atoms with Gasteiger partial charge in [-0.25, -0.2) is 0 Å². The Hall–Kier alpha value is -3.01. The van der Waals surface area contributed by atoms with Gasteiger partial charge in [-0.05, 0) is 70.6 Å². The van der Waals surface area contributed by atoms with Gasteiger partial charge in [0, 0.05) is 12.8 Å². The van der Waals surface area contributed by atoms with E-state index < -0.39 is 24.3 Å². The summed E-state index contributed by atoms with van der Waals surface area (Å²) in [5, 5.41) is 11.6. The minimum Gasteiger partial charge on any atom is -0.545 e. The highest BCUT2D eigenvalue weighted by atomic mass is 16.7. The summed E-state index contributed by atoms with van der Waals surface area (Å²) in [6.07, 6.45) is 36.8. The van der Waals surface area contributed by atoms with Crippen LogP contribution < -0.4 is 5.11 Å². The predicted octanol–water partition coefficient (Wildman–Crippen LogP) is 8.49. The predicted molar refractivity (Wildman–Crippen MR) is 209 cm³/mol. The molecule has 0 amide bonds. The number of unbranched alkanes of at least 4 members (excludes halogenated alkanes) is 10. The largest absolute Gasteiger partial charge is 0.545 e. The topological polar surface area (TPSA) is 111 Å². The number of carboxylic acid groups (broad SMARTS) is 1. The van der Waals surface area contributed by atoms with Crippen molar-refractivity contribution < 1.29 is 42.9 Å². The fourth-order valence-corrected chi connectivity index (χ4v) is 4.86. The molecule has 0 saturated heterocycles. The summed E-state index contributed by atoms with van der Waals surface area (Å²) >= 11 is 0. The number of carbonyl (C=O) groups excluding carboxylic acids is 3. The van der Waals surface area contributed by atoms with E-state index in [-0.39, 0.29) is 38.6 Å². The minimum atomic E-state index is -1.63. The summed E-state index contributed by atoms with van der Waals surface area (Å²) in [5.74, 6) is -2.36. The summed E-state index contributed by atoms with van der Waals surface area (Å²) in [7, 11) is 5.88. The molecule has 52 heavy (non-hydrogen) atoms. The van der Waals surface area contributed by atoms with Gasteiger partial charge in [0.15, 0.2) is 12.4 Å². The van der Waals surface area contributed by atoms with Crippen LogP contribution in [0.25, 0.3) is 0 Å². The van der Waals surface area contributed by atoms with Crippen LogP contribution in [0.3, 0.4) is 0 Å². The van der Waals surface area contributed by atoms with E-state index in [1.807, 2.05) is 21.1 Å². The van der Waals surface area contributed by atoms with Crippen molar-refractivity contribution in [3.8, 4) is 0 Å². The van der Waals surface area contributed by atoms with Crippen molar-refractivity contribution in [1.82, 2.24) is 0 Å². The smallest absolute Gasteiger partial charge is 0.306 e. The third-order valence-electron chi connectivity index (χ3n) is 8.00. The number of rotatable bonds is 35. The summed E-state index contributed by atoms with van der Waals surface area (Å²) in [6.45, 7) is 4.49. The van der Waals surface area contributed by atoms with Gasteiger partial charge in [0.1, 0.15) is 13.2 Å². The van der Waals surface area contributed by atoms with E-state index in [2.05, 4.69) is 74.6 Å². The molecule has 0 fully saturated rings. The monoisotopic (exact) mass is 732 g/mol. The van der Waals surface area contributed by atoms with Gasteiger partial charge in [-0.2, -0.15) is 0 Å². The van der Waals surface area contributed by atoms with Crippen molar-refractivity contribution in [2.24, 2.45) is 0 Å². The maximum atomic E-state index is 12.7. The summed E-state index contributed by atoms with van der Waals surface area (Å²) < 4.78 is 22.4. The second kappa shape index (κ2) is 35.0. The molecule has 0 N–H and O–H groups in total. The zero-order valence-electron chi connectivity index (χ0n) is 33.4. The van der Waals surface area contributed by atoms with Crippen LogP contribution in [0.15, 0.2) is 60.8 Å². The van der Waals surface area contributed by atoms with Gasteiger partial charge in [-0.15, -0.1) is 0 Å². The second-order valence-corrected chi connectivity index (χ2v) is 14.2. The second-order valence-electron chi connectivity index (χ2n) is 14.2. The Kier molecular flexibility index (Phi) is 33.0. The molecule has 0 bridgehead atoms. The van der Waals surface area contributed by atoms with E-state index in [0.717, 1.165) is 83.5 Å². The lowest BCUT2D eigenvalue weighted by Gasteiger charge is -2.26. The van der Waals surface area contributed by atoms with Crippen molar-refractivity contribution in [2.45, 2.75) is 148 Å². The van der Waals surface area contributed by atoms with E-state index in [1.165, 1.54) is 12.8 Å². The van der Waals surface area contributed by atoms with E-state index in [9.17, 15) is 19.5 Å². The van der Waals surface area contributed by atoms with E-state index in [1.54, 1.807) is 0 Å². The first-order chi connectivity index (χ1) is 25.1. The molecule has 2 unspecified atom stereocenters. The molecule has 0 aliphatic heterocycles. The number of ether oxygens (including phenoxy) is 4. The summed E-state index contributed by atoms with van der Waals surface area (Å²) in [5.41, 5.74) is 0. The fourth-order valence-electron chi connectivity index (χ4n) is 4.86. The molecule has 2 atom stereocenters. The highest BCUT2D eigenvalue weighted by Crippen LogP contribution is 2.11. The van der Waals surface area contributed by atoms with Crippen molar-refractivity contribution in [3.63, 3.8) is 0 Å². The van der Waals surface area contributed by atoms with Gasteiger partial charge in [0.05, 0.1) is 40.3 Å². The van der Waals surface area contributed by atoms with E-state index in [4.69, 9.17) is 18.9 Å². The Morgan fingerprint density at radius 3 is 1.65 bits per heavy atom. The molecule has 0 radical (unpaired) electrons. The third-order valence-corrected chi connectivity index (χ3v) is 8.00. The van der Waals surface area contributed by atoms with Gasteiger partial charge >= 0.3 is 11.9 Å². The van der Waals surface area contributed by atoms with Gasteiger partial charge < -0.3 is 33.3 Å². The molecule has 0 spiro atoms. The molecule has 0 aromatic carbocycles. The lowest BCUT2D eigenvalue weighted by molar-refractivity contribution is -0.870. The number of aliphatic carboxylic acids is 1. The Morgan fingerprint density at radius 2 is 1.10 bits per heavy atom. The molecule has 0 heterocycles. The van der Waals surface area contributed by atoms with Crippen LogP contribution in [0.4, 0.5) is 0 Å². The first-order valence-corrected chi connectivity index (χ1v) is 19.9. The number of hydrogen-bond acceptors (Lipinski definition) is 8. The van der Waals surface area contributed by atoms with Crippen LogP contribution in [0.2, 0.25) is 0 Å². The number of hydrogen-bond donors (Lipinski definition) is 0. The van der Waals surface area contributed by atoms with E-state index in [0.29, 0.717) is 23.9 Å². The number of carboxylic acids is 1. The molecule has 9 nitrogen and oxygen atoms in total. The van der Waals surface area contributed by atoms with Gasteiger partial charge in [-0.1, -0.05) is 113 Å². The Labute approximate surface area is 316 Å². The van der Waals surface area contributed by atoms with Crippen LogP contribution in [-0.4, -0.2) is 82.3 Å². The molecule has 9 heteroatoms. The van der Waals surface area contributed by atoms with Crippen LogP contribution in [0.1, 0.15) is 136 Å². The van der Waals surface area contributed by atoms with E-state index >= 15 is 0 Å². The molecular formula is C43H73NO8. The van der Waals surface area contributed by atoms with Crippen LogP contribution in [0.5, 0.6) is 0 Å². The van der Waals surface area contributed by atoms with Gasteiger partial charge in [0.2, 0.25) is 0 Å². The Balaban J connectivity index is 4.60. The first-order valence-electron chi connectivity index (χ1n) is 19.9. The number of allylic oxidation sites excluding steroid dienone is 10. The lowest BCUT2D eigenvalue weighted by atomic mass is 10.1. The fraction of sp³-hybridized carbons (Fsp3) is 0.698. The van der Waals surface area contributed by atoms with Crippen LogP contribution in [-0.2, 0) is 33.3 Å². The van der Waals surface area contributed by atoms with Crippen molar-refractivity contribution in [3.05, 3.63) is 60.8 Å². The standard InChI is InChI=1S/C43H73NO8/c1-6-8-10-12-14-16-18-20-22-23-25-27-29-31-33-40(45)50-37-39(38-51-43(42(47)48)49-36-35-44(3,4)5)52-41(46)34-32-30-28-26-24-21-19-17-15-13-11-9-7-2/h9,11-12,14-15,17-18,20-21,24,39,43H,6-8,10,13,16,19,22-23,25-38H2,1-5H3/b11-9-,14-12-,17-15-,20-18-,24-21-. The molecular weight excluding hydrogens is 658 g/mol. The third kappa shape index (κ3) is 35.4. The SMILES string of the molecule is CC/C=C\C/C=C\C/C=C\CCCCCC(=O)OC(COC(=O)CCCCCCC/C=C\C/C=C\CCCC)COC(OCC[N+](C)(C)C)C(=O)[O-]. The number of esters is 2. The molecule has 0 aromatic rings. The Morgan fingerprint density at radius 1 is 0.596 bits per heavy atom. The maximum Gasteiger partial charge on any atom is 0.306 e. The Bertz CT molecular complexity index is 1040. The average molecular weight is 732 g/mol. The van der Waals surface area contributed by atoms with Crippen LogP contribution >= 0.6 is 0 Å². The van der Waals surface area contributed by atoms with Crippen molar-refractivity contribution in [2.75, 3.05) is 47.5 Å². The number of carbonyl (C=O) groups is 3. The van der Waals surface area contributed by atoms with Gasteiger partial charge in [0.25, 0.3) is 0 Å². The average Bonchev–Trinajstić information content (AvgIpc) is 3.09. The molecule has 0 rings (SSSR count). The lowest BCUT2D eigenvalue weighted by Crippen LogP contribution is -2.44. The zero-order valence-corrected chi connectivity index (χ0v) is 33.4. The molecule has 0 aliphatic carbocycles. The van der Waals surface area contributed by atoms with Crippen molar-refractivity contribution >= 4 is 17.9 Å². The molecule has 0 saturated carbocycles. The highest BCUT2D eigenvalue weighted by Gasteiger charge is 2.21. The molecule has 0 aromatic heterocycles. The normalized spacial score (nSPS) is 13.6. The summed E-state index contributed by atoms with van der Waals surface area (Å²) in [4.78, 5) is 36.8. The number of quaternary nitrogens is 1. The van der Waals surface area contributed by atoms with Crippen molar-refractivity contribution in [1.29, 1.82) is 0 Å². The van der Waals surface area contributed by atoms with Gasteiger partial charge in [-0.3, -0.25) is 9.59 Å².